The molecule has 0 spiro atoms. The maximum atomic E-state index is 5.54. The number of nitrogens with zero attached hydrogens (tertiary/aromatic N) is 2. The highest BCUT2D eigenvalue weighted by Gasteiger charge is 2.04. The maximum Gasteiger partial charge on any atom is 0.166 e. The van der Waals surface area contributed by atoms with Gasteiger partial charge in [-0.25, -0.2) is 0 Å². The van der Waals surface area contributed by atoms with E-state index in [0.29, 0.717) is 5.82 Å². The quantitative estimate of drug-likeness (QED) is 0.627. The number of hydrogen-bond acceptors (Lipinski definition) is 4. The van der Waals surface area contributed by atoms with Gasteiger partial charge in [0, 0.05) is 17.0 Å². The summed E-state index contributed by atoms with van der Waals surface area (Å²) in [7, 11) is 0. The van der Waals surface area contributed by atoms with E-state index < -0.39 is 0 Å². The molecule has 0 radical (unpaired) electrons. The topological polar surface area (TPSA) is 80.7 Å². The van der Waals surface area contributed by atoms with E-state index in [1.165, 1.54) is 0 Å². The Bertz CT molecular complexity index is 610. The molecule has 0 bridgehead atoms. The van der Waals surface area contributed by atoms with Crippen molar-refractivity contribution in [2.45, 2.75) is 0 Å². The van der Waals surface area contributed by atoms with Gasteiger partial charge in [-0.05, 0) is 18.2 Å². The van der Waals surface area contributed by atoms with Crippen LogP contribution in [0, 0.1) is 0 Å². The molecule has 3 N–H and O–H groups in total. The summed E-state index contributed by atoms with van der Waals surface area (Å²) < 4.78 is 5.01. The molecule has 0 aliphatic heterocycles. The fourth-order valence-electron chi connectivity index (χ4n) is 1.53. The fraction of sp³-hybridized carbons (Fsp3) is 0. The number of aromatic amines is 1. The lowest BCUT2D eigenvalue weighted by atomic mass is 10.1. The van der Waals surface area contributed by atoms with Crippen molar-refractivity contribution >= 4 is 16.8 Å². The molecule has 1 aromatic carbocycles. The van der Waals surface area contributed by atoms with Crippen molar-refractivity contribution in [3.05, 3.63) is 30.5 Å². The second kappa shape index (κ2) is 2.84. The average molecular weight is 200 g/mol. The molecular weight excluding hydrogens is 192 g/mol. The Kier molecular flexibility index (Phi) is 1.53. The van der Waals surface area contributed by atoms with Gasteiger partial charge in [-0.1, -0.05) is 5.16 Å². The standard InChI is InChI=1S/C10H8N4O/c11-10-4-8(13-14-10)6-1-2-9-7(3-6)5-12-15-9/h1-5H,(H3,11,13,14). The van der Waals surface area contributed by atoms with Crippen LogP contribution in [-0.4, -0.2) is 15.4 Å². The average Bonchev–Trinajstić information content (AvgIpc) is 2.84. The molecule has 3 rings (SSSR count). The van der Waals surface area contributed by atoms with E-state index in [4.69, 9.17) is 10.3 Å². The zero-order valence-electron chi connectivity index (χ0n) is 7.77. The van der Waals surface area contributed by atoms with Gasteiger partial charge < -0.3 is 10.3 Å². The van der Waals surface area contributed by atoms with Crippen molar-refractivity contribution in [3.63, 3.8) is 0 Å². The number of H-pyrrole nitrogens is 1. The number of nitrogen functional groups attached to an aromatic ring is 1. The van der Waals surface area contributed by atoms with Gasteiger partial charge in [0.2, 0.25) is 0 Å². The molecule has 0 unspecified atom stereocenters. The first-order chi connectivity index (χ1) is 7.33. The number of anilines is 1. The molecule has 74 valence electrons. The van der Waals surface area contributed by atoms with Gasteiger partial charge in [0.25, 0.3) is 0 Å². The van der Waals surface area contributed by atoms with Gasteiger partial charge in [-0.3, -0.25) is 5.10 Å². The molecule has 0 aliphatic rings. The summed E-state index contributed by atoms with van der Waals surface area (Å²) in [6.07, 6.45) is 1.68. The van der Waals surface area contributed by atoms with Gasteiger partial charge in [-0.15, -0.1) is 0 Å². The van der Waals surface area contributed by atoms with E-state index in [0.717, 1.165) is 22.2 Å². The minimum absolute atomic E-state index is 0.482. The lowest BCUT2D eigenvalue weighted by molar-refractivity contribution is 0.456. The summed E-state index contributed by atoms with van der Waals surface area (Å²) in [6.45, 7) is 0. The van der Waals surface area contributed by atoms with Crippen LogP contribution in [0.2, 0.25) is 0 Å². The molecule has 0 fully saturated rings. The highest BCUT2D eigenvalue weighted by Crippen LogP contribution is 2.23. The first-order valence-electron chi connectivity index (χ1n) is 4.48. The molecule has 0 atom stereocenters. The van der Waals surface area contributed by atoms with E-state index in [-0.39, 0.29) is 0 Å². The predicted molar refractivity (Wildman–Crippen MR) is 56.0 cm³/mol. The van der Waals surface area contributed by atoms with Crippen LogP contribution in [0.25, 0.3) is 22.2 Å². The maximum absolute atomic E-state index is 5.54. The number of aromatic nitrogens is 3. The van der Waals surface area contributed by atoms with E-state index in [1.54, 1.807) is 12.3 Å². The largest absolute Gasteiger partial charge is 0.382 e. The van der Waals surface area contributed by atoms with E-state index >= 15 is 0 Å². The van der Waals surface area contributed by atoms with Crippen molar-refractivity contribution in [3.8, 4) is 11.3 Å². The Hall–Kier alpha value is -2.30. The van der Waals surface area contributed by atoms with Crippen molar-refractivity contribution in [1.82, 2.24) is 15.4 Å². The van der Waals surface area contributed by atoms with Gasteiger partial charge in [0.1, 0.15) is 5.82 Å². The van der Waals surface area contributed by atoms with Gasteiger partial charge >= 0.3 is 0 Å². The Morgan fingerprint density at radius 2 is 2.20 bits per heavy atom. The highest BCUT2D eigenvalue weighted by molar-refractivity contribution is 5.82. The number of nitrogens with two attached hydrogens (primary N) is 1. The summed E-state index contributed by atoms with van der Waals surface area (Å²) >= 11 is 0. The van der Waals surface area contributed by atoms with Crippen LogP contribution in [0.1, 0.15) is 0 Å². The number of fused-ring (bicyclic) bond motifs is 1. The van der Waals surface area contributed by atoms with Crippen LogP contribution < -0.4 is 5.73 Å². The van der Waals surface area contributed by atoms with Crippen molar-refractivity contribution < 1.29 is 4.52 Å². The van der Waals surface area contributed by atoms with Crippen LogP contribution in [0.5, 0.6) is 0 Å². The van der Waals surface area contributed by atoms with Crippen LogP contribution >= 0.6 is 0 Å². The number of benzene rings is 1. The van der Waals surface area contributed by atoms with Crippen LogP contribution in [0.3, 0.4) is 0 Å². The normalized spacial score (nSPS) is 10.9. The highest BCUT2D eigenvalue weighted by atomic mass is 16.5. The molecule has 5 heteroatoms. The molecule has 0 amide bonds. The molecule has 0 aliphatic carbocycles. The zero-order chi connectivity index (χ0) is 10.3. The van der Waals surface area contributed by atoms with Crippen LogP contribution in [0.15, 0.2) is 35.0 Å². The van der Waals surface area contributed by atoms with Gasteiger partial charge in [0.05, 0.1) is 11.9 Å². The number of hydrogen-bond donors (Lipinski definition) is 2. The minimum Gasteiger partial charge on any atom is -0.382 e. The molecule has 2 aromatic heterocycles. The smallest absolute Gasteiger partial charge is 0.166 e. The third-order valence-corrected chi connectivity index (χ3v) is 2.26. The molecule has 0 saturated carbocycles. The number of nitrogens with one attached hydrogen (secondary N) is 1. The van der Waals surface area contributed by atoms with Crippen LogP contribution in [-0.2, 0) is 0 Å². The summed E-state index contributed by atoms with van der Waals surface area (Å²) in [5.74, 6) is 0.482. The molecule has 2 heterocycles. The summed E-state index contributed by atoms with van der Waals surface area (Å²) in [5.41, 5.74) is 8.20. The third kappa shape index (κ3) is 1.25. The summed E-state index contributed by atoms with van der Waals surface area (Å²) in [6, 6.07) is 7.56. The lowest BCUT2D eigenvalue weighted by Crippen LogP contribution is -1.81. The third-order valence-electron chi connectivity index (χ3n) is 2.26. The first-order valence-corrected chi connectivity index (χ1v) is 4.48. The summed E-state index contributed by atoms with van der Waals surface area (Å²) in [4.78, 5) is 0. The lowest BCUT2D eigenvalue weighted by Gasteiger charge is -1.95. The Labute approximate surface area is 84.9 Å². The second-order valence-electron chi connectivity index (χ2n) is 3.28. The SMILES string of the molecule is Nc1cc(-c2ccc3oncc3c2)[nH]n1. The van der Waals surface area contributed by atoms with Gasteiger partial charge in [0.15, 0.2) is 5.58 Å². The molecular formula is C10H8N4O. The molecule has 3 aromatic rings. The zero-order valence-corrected chi connectivity index (χ0v) is 7.77. The first kappa shape index (κ1) is 8.05. The van der Waals surface area contributed by atoms with E-state index in [9.17, 15) is 0 Å². The summed E-state index contributed by atoms with van der Waals surface area (Å²) in [5, 5.41) is 11.4. The van der Waals surface area contributed by atoms with Crippen LogP contribution in [0.4, 0.5) is 5.82 Å². The predicted octanol–water partition coefficient (Wildman–Crippen LogP) is 1.80. The van der Waals surface area contributed by atoms with E-state index in [1.807, 2.05) is 18.2 Å². The Morgan fingerprint density at radius 3 is 3.00 bits per heavy atom. The minimum atomic E-state index is 0.482. The molecule has 0 saturated heterocycles. The number of rotatable bonds is 1. The van der Waals surface area contributed by atoms with Crippen molar-refractivity contribution in [2.24, 2.45) is 0 Å². The van der Waals surface area contributed by atoms with Crippen molar-refractivity contribution in [1.29, 1.82) is 0 Å². The molecule has 5 nitrogen and oxygen atoms in total. The fourth-order valence-corrected chi connectivity index (χ4v) is 1.53. The second-order valence-corrected chi connectivity index (χ2v) is 3.28. The monoisotopic (exact) mass is 200 g/mol. The van der Waals surface area contributed by atoms with Crippen molar-refractivity contribution in [2.75, 3.05) is 5.73 Å². The van der Waals surface area contributed by atoms with E-state index in [2.05, 4.69) is 15.4 Å². The van der Waals surface area contributed by atoms with Gasteiger partial charge in [-0.2, -0.15) is 5.10 Å². The molecule has 15 heavy (non-hydrogen) atoms. The Balaban J connectivity index is 2.18. The Morgan fingerprint density at radius 1 is 1.27 bits per heavy atom.